The van der Waals surface area contributed by atoms with Gasteiger partial charge in [0, 0.05) is 31.5 Å². The van der Waals surface area contributed by atoms with Crippen molar-refractivity contribution in [3.63, 3.8) is 0 Å². The van der Waals surface area contributed by atoms with E-state index in [1.165, 1.54) is 38.2 Å². The highest BCUT2D eigenvalue weighted by Gasteiger charge is 2.18. The van der Waals surface area contributed by atoms with Crippen molar-refractivity contribution in [1.29, 1.82) is 0 Å². The second kappa shape index (κ2) is 8.35. The SMILES string of the molecule is CCCNc1ccnc(CN(C)CC2CCN(C)CC2)c1. The van der Waals surface area contributed by atoms with Crippen LogP contribution in [0.25, 0.3) is 0 Å². The first-order chi connectivity index (χ1) is 10.2. The Balaban J connectivity index is 1.80. The average Bonchev–Trinajstić information content (AvgIpc) is 2.48. The minimum absolute atomic E-state index is 0.840. The molecule has 1 aromatic rings. The van der Waals surface area contributed by atoms with E-state index in [4.69, 9.17) is 0 Å². The van der Waals surface area contributed by atoms with E-state index in [2.05, 4.69) is 53.3 Å². The first kappa shape index (κ1) is 16.2. The van der Waals surface area contributed by atoms with Crippen LogP contribution in [0.5, 0.6) is 0 Å². The second-order valence-corrected chi connectivity index (χ2v) is 6.41. The van der Waals surface area contributed by atoms with Gasteiger partial charge in [0.05, 0.1) is 5.69 Å². The molecule has 4 heteroatoms. The van der Waals surface area contributed by atoms with Crippen LogP contribution in [0.1, 0.15) is 31.9 Å². The highest BCUT2D eigenvalue weighted by atomic mass is 15.1. The summed E-state index contributed by atoms with van der Waals surface area (Å²) in [5, 5.41) is 3.43. The summed E-state index contributed by atoms with van der Waals surface area (Å²) >= 11 is 0. The number of pyridine rings is 1. The molecule has 0 aliphatic carbocycles. The largest absolute Gasteiger partial charge is 0.385 e. The molecule has 2 heterocycles. The Morgan fingerprint density at radius 3 is 2.86 bits per heavy atom. The maximum Gasteiger partial charge on any atom is 0.0564 e. The summed E-state index contributed by atoms with van der Waals surface area (Å²) in [4.78, 5) is 9.35. The molecule has 1 fully saturated rings. The van der Waals surface area contributed by atoms with Crippen LogP contribution in [0.4, 0.5) is 5.69 Å². The van der Waals surface area contributed by atoms with Crippen molar-refractivity contribution in [3.8, 4) is 0 Å². The van der Waals surface area contributed by atoms with Crippen molar-refractivity contribution >= 4 is 5.69 Å². The third kappa shape index (κ3) is 5.64. The van der Waals surface area contributed by atoms with E-state index in [-0.39, 0.29) is 0 Å². The van der Waals surface area contributed by atoms with E-state index in [0.717, 1.165) is 31.1 Å². The number of hydrogen-bond acceptors (Lipinski definition) is 4. The molecule has 0 amide bonds. The van der Waals surface area contributed by atoms with Crippen LogP contribution in [0.2, 0.25) is 0 Å². The Kier molecular flexibility index (Phi) is 6.46. The zero-order valence-electron chi connectivity index (χ0n) is 13.8. The van der Waals surface area contributed by atoms with Crippen molar-refractivity contribution in [2.75, 3.05) is 45.6 Å². The zero-order chi connectivity index (χ0) is 15.1. The molecule has 0 unspecified atom stereocenters. The maximum atomic E-state index is 4.50. The van der Waals surface area contributed by atoms with Crippen LogP contribution in [-0.4, -0.2) is 55.1 Å². The molecule has 0 radical (unpaired) electrons. The monoisotopic (exact) mass is 290 g/mol. The van der Waals surface area contributed by atoms with Gasteiger partial charge in [0.25, 0.3) is 0 Å². The van der Waals surface area contributed by atoms with Crippen molar-refractivity contribution in [2.45, 2.75) is 32.7 Å². The molecule has 118 valence electrons. The fourth-order valence-electron chi connectivity index (χ4n) is 2.97. The molecule has 21 heavy (non-hydrogen) atoms. The molecule has 0 saturated carbocycles. The third-order valence-corrected chi connectivity index (χ3v) is 4.24. The van der Waals surface area contributed by atoms with Gasteiger partial charge in [-0.1, -0.05) is 6.92 Å². The summed E-state index contributed by atoms with van der Waals surface area (Å²) in [7, 11) is 4.44. The van der Waals surface area contributed by atoms with Crippen molar-refractivity contribution in [2.24, 2.45) is 5.92 Å². The van der Waals surface area contributed by atoms with Crippen LogP contribution in [0.3, 0.4) is 0 Å². The van der Waals surface area contributed by atoms with Crippen LogP contribution in [-0.2, 0) is 6.54 Å². The highest BCUT2D eigenvalue weighted by molar-refractivity contribution is 5.43. The third-order valence-electron chi connectivity index (χ3n) is 4.24. The van der Waals surface area contributed by atoms with Gasteiger partial charge in [-0.05, 0) is 64.5 Å². The van der Waals surface area contributed by atoms with Gasteiger partial charge in [0.1, 0.15) is 0 Å². The molecule has 1 saturated heterocycles. The summed E-state index contributed by atoms with van der Waals surface area (Å²) in [6.45, 7) is 7.82. The van der Waals surface area contributed by atoms with E-state index in [9.17, 15) is 0 Å². The summed E-state index contributed by atoms with van der Waals surface area (Å²) in [5.74, 6) is 0.840. The maximum absolute atomic E-state index is 4.50. The van der Waals surface area contributed by atoms with Gasteiger partial charge in [0.2, 0.25) is 0 Å². The van der Waals surface area contributed by atoms with Gasteiger partial charge in [-0.3, -0.25) is 4.98 Å². The van der Waals surface area contributed by atoms with Crippen molar-refractivity contribution in [1.82, 2.24) is 14.8 Å². The van der Waals surface area contributed by atoms with Gasteiger partial charge >= 0.3 is 0 Å². The lowest BCUT2D eigenvalue weighted by Gasteiger charge is -2.31. The molecule has 4 nitrogen and oxygen atoms in total. The number of likely N-dealkylation sites (tertiary alicyclic amines) is 1. The van der Waals surface area contributed by atoms with Gasteiger partial charge < -0.3 is 15.1 Å². The first-order valence-corrected chi connectivity index (χ1v) is 8.23. The summed E-state index contributed by atoms with van der Waals surface area (Å²) in [5.41, 5.74) is 2.35. The van der Waals surface area contributed by atoms with E-state index >= 15 is 0 Å². The molecule has 1 aliphatic rings. The quantitative estimate of drug-likeness (QED) is 0.836. The Morgan fingerprint density at radius 2 is 2.14 bits per heavy atom. The van der Waals surface area contributed by atoms with Gasteiger partial charge in [-0.25, -0.2) is 0 Å². The minimum Gasteiger partial charge on any atom is -0.385 e. The van der Waals surface area contributed by atoms with Crippen molar-refractivity contribution < 1.29 is 0 Å². The van der Waals surface area contributed by atoms with Gasteiger partial charge in [0.15, 0.2) is 0 Å². The molecule has 0 spiro atoms. The molecule has 1 aromatic heterocycles. The Hall–Kier alpha value is -1.13. The summed E-state index contributed by atoms with van der Waals surface area (Å²) in [6, 6.07) is 4.23. The normalized spacial score (nSPS) is 17.3. The number of hydrogen-bond donors (Lipinski definition) is 1. The molecule has 0 bridgehead atoms. The predicted octanol–water partition coefficient (Wildman–Crippen LogP) is 2.68. The second-order valence-electron chi connectivity index (χ2n) is 6.41. The van der Waals surface area contributed by atoms with Crippen LogP contribution in [0.15, 0.2) is 18.3 Å². The molecule has 0 aromatic carbocycles. The number of aromatic nitrogens is 1. The molecule has 1 aliphatic heterocycles. The Bertz CT molecular complexity index is 413. The van der Waals surface area contributed by atoms with E-state index in [0.29, 0.717) is 0 Å². The van der Waals surface area contributed by atoms with E-state index < -0.39 is 0 Å². The standard InChI is InChI=1S/C17H30N4/c1-4-8-18-16-5-9-19-17(12-16)14-21(3)13-15-6-10-20(2)11-7-15/h5,9,12,15H,4,6-8,10-11,13-14H2,1-3H3,(H,18,19). The van der Waals surface area contributed by atoms with Crippen LogP contribution >= 0.6 is 0 Å². The lowest BCUT2D eigenvalue weighted by atomic mass is 9.96. The van der Waals surface area contributed by atoms with Gasteiger partial charge in [-0.2, -0.15) is 0 Å². The van der Waals surface area contributed by atoms with Crippen molar-refractivity contribution in [3.05, 3.63) is 24.0 Å². The summed E-state index contributed by atoms with van der Waals surface area (Å²) < 4.78 is 0. The zero-order valence-corrected chi connectivity index (χ0v) is 13.8. The smallest absolute Gasteiger partial charge is 0.0564 e. The first-order valence-electron chi connectivity index (χ1n) is 8.23. The minimum atomic E-state index is 0.840. The molecular formula is C17H30N4. The number of piperidine rings is 1. The number of nitrogens with one attached hydrogen (secondary N) is 1. The average molecular weight is 290 g/mol. The summed E-state index contributed by atoms with van der Waals surface area (Å²) in [6.07, 6.45) is 5.71. The topological polar surface area (TPSA) is 31.4 Å². The Morgan fingerprint density at radius 1 is 1.38 bits per heavy atom. The van der Waals surface area contributed by atoms with Gasteiger partial charge in [-0.15, -0.1) is 0 Å². The lowest BCUT2D eigenvalue weighted by Crippen LogP contribution is -2.35. The fourth-order valence-corrected chi connectivity index (χ4v) is 2.97. The van der Waals surface area contributed by atoms with E-state index in [1.807, 2.05) is 6.20 Å². The molecule has 0 atom stereocenters. The predicted molar refractivity (Wildman–Crippen MR) is 89.6 cm³/mol. The number of rotatable bonds is 7. The molecular weight excluding hydrogens is 260 g/mol. The van der Waals surface area contributed by atoms with Crippen LogP contribution < -0.4 is 5.32 Å². The van der Waals surface area contributed by atoms with E-state index in [1.54, 1.807) is 0 Å². The lowest BCUT2D eigenvalue weighted by molar-refractivity contribution is 0.172. The number of anilines is 1. The number of nitrogens with zero attached hydrogens (tertiary/aromatic N) is 3. The molecule has 1 N–H and O–H groups in total. The Labute approximate surface area is 129 Å². The van der Waals surface area contributed by atoms with Crippen LogP contribution in [0, 0.1) is 5.92 Å². The molecule has 2 rings (SSSR count). The fraction of sp³-hybridized carbons (Fsp3) is 0.706. The highest BCUT2D eigenvalue weighted by Crippen LogP contribution is 2.18.